The van der Waals surface area contributed by atoms with Gasteiger partial charge in [0.25, 0.3) is 5.56 Å². The minimum absolute atomic E-state index is 0.00417. The minimum Gasteiger partial charge on any atom is -0.382 e. The Labute approximate surface area is 108 Å². The Bertz CT molecular complexity index is 667. The van der Waals surface area contributed by atoms with Crippen LogP contribution in [0.25, 0.3) is 0 Å². The summed E-state index contributed by atoms with van der Waals surface area (Å²) >= 11 is 0. The van der Waals surface area contributed by atoms with Crippen molar-refractivity contribution in [1.82, 2.24) is 9.97 Å². The Morgan fingerprint density at radius 1 is 1.47 bits per heavy atom. The van der Waals surface area contributed by atoms with Gasteiger partial charge in [-0.15, -0.1) is 0 Å². The van der Waals surface area contributed by atoms with Crippen molar-refractivity contribution in [1.29, 1.82) is 0 Å². The normalized spacial score (nSPS) is 19.9. The number of anilines is 2. The number of carbonyl (C=O) groups excluding carboxylic acids is 1. The van der Waals surface area contributed by atoms with Crippen LogP contribution in [0.1, 0.15) is 6.42 Å². The number of nitrogen functional groups attached to an aromatic ring is 1. The first kappa shape index (κ1) is 13.5. The first-order valence-corrected chi connectivity index (χ1v) is 7.13. The van der Waals surface area contributed by atoms with Gasteiger partial charge in [-0.3, -0.25) is 9.59 Å². The molecular formula is C9H13N5O4S. The van der Waals surface area contributed by atoms with Crippen LogP contribution in [-0.4, -0.2) is 36.6 Å². The molecule has 19 heavy (non-hydrogen) atoms. The van der Waals surface area contributed by atoms with Gasteiger partial charge in [-0.2, -0.15) is 0 Å². The second-order valence-electron chi connectivity index (χ2n) is 4.37. The van der Waals surface area contributed by atoms with Crippen molar-refractivity contribution >= 4 is 27.4 Å². The molecule has 1 aliphatic rings. The Kier molecular flexibility index (Phi) is 3.28. The van der Waals surface area contributed by atoms with Crippen LogP contribution >= 0.6 is 0 Å². The van der Waals surface area contributed by atoms with Crippen LogP contribution in [0.3, 0.4) is 0 Å². The van der Waals surface area contributed by atoms with E-state index in [1.807, 2.05) is 0 Å². The van der Waals surface area contributed by atoms with Gasteiger partial charge in [0.15, 0.2) is 11.5 Å². The number of aromatic nitrogens is 2. The van der Waals surface area contributed by atoms with E-state index in [2.05, 4.69) is 9.97 Å². The number of amides is 1. The zero-order valence-electron chi connectivity index (χ0n) is 9.87. The van der Waals surface area contributed by atoms with Crippen molar-refractivity contribution in [2.45, 2.75) is 6.42 Å². The van der Waals surface area contributed by atoms with Gasteiger partial charge in [0.05, 0.1) is 12.1 Å². The first-order chi connectivity index (χ1) is 8.78. The first-order valence-electron chi connectivity index (χ1n) is 5.42. The van der Waals surface area contributed by atoms with Crippen LogP contribution in [0.15, 0.2) is 11.1 Å². The standard InChI is InChI=1S/C9H13N5O4S/c10-8-7(9(16)13-4-12-8)14-2-5(1-6(14)15)3-19(11,17)18/h4-5H,1-3H2,(H2,11,17,18)(H3,10,12,13,16). The molecule has 1 amide bonds. The van der Waals surface area contributed by atoms with Crippen LogP contribution in [0, 0.1) is 5.92 Å². The molecule has 0 spiro atoms. The summed E-state index contributed by atoms with van der Waals surface area (Å²) in [5, 5.41) is 4.94. The van der Waals surface area contributed by atoms with Crippen LogP contribution in [0.2, 0.25) is 0 Å². The number of nitrogens with two attached hydrogens (primary N) is 2. The van der Waals surface area contributed by atoms with Crippen molar-refractivity contribution in [2.75, 3.05) is 22.9 Å². The third-order valence-corrected chi connectivity index (χ3v) is 3.74. The number of H-pyrrole nitrogens is 1. The average Bonchev–Trinajstić information content (AvgIpc) is 2.56. The molecule has 1 saturated heterocycles. The number of nitrogens with one attached hydrogen (secondary N) is 1. The van der Waals surface area contributed by atoms with E-state index in [0.717, 1.165) is 11.2 Å². The molecule has 2 heterocycles. The molecule has 1 aliphatic heterocycles. The minimum atomic E-state index is -3.67. The van der Waals surface area contributed by atoms with E-state index in [1.54, 1.807) is 0 Å². The number of rotatable bonds is 3. The molecule has 1 aromatic rings. The molecule has 2 rings (SSSR count). The lowest BCUT2D eigenvalue weighted by Crippen LogP contribution is -2.32. The van der Waals surface area contributed by atoms with Crippen molar-refractivity contribution in [2.24, 2.45) is 11.1 Å². The number of carbonyl (C=O) groups is 1. The van der Waals surface area contributed by atoms with Crippen molar-refractivity contribution in [3.63, 3.8) is 0 Å². The van der Waals surface area contributed by atoms with Crippen LogP contribution in [-0.2, 0) is 14.8 Å². The zero-order valence-corrected chi connectivity index (χ0v) is 10.7. The van der Waals surface area contributed by atoms with Gasteiger partial charge < -0.3 is 15.6 Å². The lowest BCUT2D eigenvalue weighted by atomic mass is 10.1. The van der Waals surface area contributed by atoms with E-state index < -0.39 is 21.5 Å². The molecule has 1 unspecified atom stereocenters. The average molecular weight is 287 g/mol. The summed E-state index contributed by atoms with van der Waals surface area (Å²) in [6.07, 6.45) is 1.13. The number of nitrogens with zero attached hydrogens (tertiary/aromatic N) is 2. The highest BCUT2D eigenvalue weighted by Crippen LogP contribution is 2.25. The molecule has 0 aromatic carbocycles. The fourth-order valence-electron chi connectivity index (χ4n) is 2.10. The maximum atomic E-state index is 11.8. The summed E-state index contributed by atoms with van der Waals surface area (Å²) in [6.45, 7) is 0.0776. The van der Waals surface area contributed by atoms with E-state index in [4.69, 9.17) is 10.9 Å². The van der Waals surface area contributed by atoms with Crippen LogP contribution in [0.4, 0.5) is 11.5 Å². The molecule has 0 bridgehead atoms. The quantitative estimate of drug-likeness (QED) is 0.584. The molecule has 1 aromatic heterocycles. The van der Waals surface area contributed by atoms with Gasteiger partial charge in [0, 0.05) is 18.9 Å². The van der Waals surface area contributed by atoms with Gasteiger partial charge in [0.2, 0.25) is 15.9 Å². The van der Waals surface area contributed by atoms with Crippen molar-refractivity contribution in [3.8, 4) is 0 Å². The van der Waals surface area contributed by atoms with E-state index in [1.165, 1.54) is 0 Å². The third-order valence-electron chi connectivity index (χ3n) is 2.80. The number of primary sulfonamides is 1. The van der Waals surface area contributed by atoms with Gasteiger partial charge in [-0.05, 0) is 0 Å². The Morgan fingerprint density at radius 2 is 2.16 bits per heavy atom. The monoisotopic (exact) mass is 287 g/mol. The predicted molar refractivity (Wildman–Crippen MR) is 67.7 cm³/mol. The molecule has 1 fully saturated rings. The van der Waals surface area contributed by atoms with E-state index >= 15 is 0 Å². The van der Waals surface area contributed by atoms with Crippen LogP contribution < -0.4 is 21.3 Å². The molecular weight excluding hydrogens is 274 g/mol. The Morgan fingerprint density at radius 3 is 2.74 bits per heavy atom. The molecule has 0 aliphatic carbocycles. The van der Waals surface area contributed by atoms with Crippen molar-refractivity contribution < 1.29 is 13.2 Å². The van der Waals surface area contributed by atoms with Gasteiger partial charge in [-0.1, -0.05) is 0 Å². The summed E-state index contributed by atoms with van der Waals surface area (Å²) in [4.78, 5) is 30.7. The lowest BCUT2D eigenvalue weighted by Gasteiger charge is -2.16. The second kappa shape index (κ2) is 4.63. The van der Waals surface area contributed by atoms with E-state index in [-0.39, 0.29) is 36.1 Å². The van der Waals surface area contributed by atoms with Gasteiger partial charge >= 0.3 is 0 Å². The molecule has 0 radical (unpaired) electrons. The molecule has 5 N–H and O–H groups in total. The molecule has 1 atom stereocenters. The second-order valence-corrected chi connectivity index (χ2v) is 6.03. The molecule has 0 saturated carbocycles. The van der Waals surface area contributed by atoms with Crippen LogP contribution in [0.5, 0.6) is 0 Å². The van der Waals surface area contributed by atoms with E-state index in [0.29, 0.717) is 0 Å². The summed E-state index contributed by atoms with van der Waals surface area (Å²) in [6, 6.07) is 0. The fraction of sp³-hybridized carbons (Fsp3) is 0.444. The Balaban J connectivity index is 2.28. The summed E-state index contributed by atoms with van der Waals surface area (Å²) in [5.74, 6) is -1.22. The van der Waals surface area contributed by atoms with Crippen molar-refractivity contribution in [3.05, 3.63) is 16.7 Å². The number of hydrogen-bond acceptors (Lipinski definition) is 6. The highest BCUT2D eigenvalue weighted by atomic mass is 32.2. The number of sulfonamides is 1. The smallest absolute Gasteiger partial charge is 0.276 e. The van der Waals surface area contributed by atoms with E-state index in [9.17, 15) is 18.0 Å². The largest absolute Gasteiger partial charge is 0.382 e. The lowest BCUT2D eigenvalue weighted by molar-refractivity contribution is -0.117. The highest BCUT2D eigenvalue weighted by Gasteiger charge is 2.35. The number of hydrogen-bond donors (Lipinski definition) is 3. The summed E-state index contributed by atoms with van der Waals surface area (Å²) < 4.78 is 22.0. The zero-order chi connectivity index (χ0) is 14.2. The topological polar surface area (TPSA) is 152 Å². The third kappa shape index (κ3) is 2.90. The number of aromatic amines is 1. The Hall–Kier alpha value is -1.94. The maximum Gasteiger partial charge on any atom is 0.276 e. The predicted octanol–water partition coefficient (Wildman–Crippen LogP) is -2.01. The van der Waals surface area contributed by atoms with Gasteiger partial charge in [-0.25, -0.2) is 18.5 Å². The molecule has 9 nitrogen and oxygen atoms in total. The summed E-state index contributed by atoms with van der Waals surface area (Å²) in [5.41, 5.74) is 4.97. The van der Waals surface area contributed by atoms with Gasteiger partial charge in [0.1, 0.15) is 0 Å². The summed E-state index contributed by atoms with van der Waals surface area (Å²) in [7, 11) is -3.67. The molecule has 104 valence electrons. The molecule has 10 heteroatoms. The highest BCUT2D eigenvalue weighted by molar-refractivity contribution is 7.89. The maximum absolute atomic E-state index is 11.8. The fourth-order valence-corrected chi connectivity index (χ4v) is 2.99. The SMILES string of the molecule is Nc1nc[nH]c(=O)c1N1CC(CS(N)(=O)=O)CC1=O.